The van der Waals surface area contributed by atoms with Crippen LogP contribution in [0.3, 0.4) is 0 Å². The minimum atomic E-state index is -0.224. The second kappa shape index (κ2) is 9.09. The van der Waals surface area contributed by atoms with Crippen molar-refractivity contribution in [2.24, 2.45) is 0 Å². The molecular weight excluding hydrogens is 476 g/mol. The number of fused-ring (bicyclic) bond motifs is 1. The highest BCUT2D eigenvalue weighted by molar-refractivity contribution is 6.04. The summed E-state index contributed by atoms with van der Waals surface area (Å²) in [5.74, 6) is 1.12. The Morgan fingerprint density at radius 2 is 1.82 bits per heavy atom. The summed E-state index contributed by atoms with van der Waals surface area (Å²) in [6.07, 6.45) is 5.60. The van der Waals surface area contributed by atoms with Gasteiger partial charge < -0.3 is 10.6 Å². The summed E-state index contributed by atoms with van der Waals surface area (Å²) < 4.78 is 3.56. The van der Waals surface area contributed by atoms with E-state index in [9.17, 15) is 4.79 Å². The van der Waals surface area contributed by atoms with E-state index in [-0.39, 0.29) is 11.3 Å². The monoisotopic (exact) mass is 506 g/mol. The highest BCUT2D eigenvalue weighted by atomic mass is 16.1. The number of rotatable bonds is 6. The summed E-state index contributed by atoms with van der Waals surface area (Å²) in [7, 11) is 0. The third-order valence-corrected chi connectivity index (χ3v) is 6.72. The fourth-order valence-corrected chi connectivity index (χ4v) is 4.35. The van der Waals surface area contributed by atoms with Gasteiger partial charge in [0, 0.05) is 28.7 Å². The summed E-state index contributed by atoms with van der Waals surface area (Å²) in [5.41, 5.74) is 5.44. The molecule has 1 aliphatic rings. The summed E-state index contributed by atoms with van der Waals surface area (Å²) >= 11 is 0. The van der Waals surface area contributed by atoms with Crippen LogP contribution in [0.25, 0.3) is 22.6 Å². The van der Waals surface area contributed by atoms with Gasteiger partial charge in [-0.2, -0.15) is 10.2 Å². The van der Waals surface area contributed by atoms with Gasteiger partial charge in [-0.05, 0) is 49.6 Å². The topological polar surface area (TPSA) is 102 Å². The lowest BCUT2D eigenvalue weighted by molar-refractivity contribution is 0.102. The molecule has 2 aromatic carbocycles. The molecule has 0 aliphatic heterocycles. The molecule has 0 atom stereocenters. The van der Waals surface area contributed by atoms with E-state index >= 15 is 0 Å². The van der Waals surface area contributed by atoms with Crippen LogP contribution in [0, 0.1) is 6.92 Å². The van der Waals surface area contributed by atoms with Crippen molar-refractivity contribution in [2.45, 2.75) is 52.0 Å². The van der Waals surface area contributed by atoms with Crippen molar-refractivity contribution >= 4 is 23.2 Å². The Hall–Kier alpha value is -4.53. The first kappa shape index (κ1) is 23.8. The number of amides is 1. The molecule has 1 aliphatic carbocycles. The number of anilines is 2. The van der Waals surface area contributed by atoms with Crippen molar-refractivity contribution in [1.82, 2.24) is 29.4 Å². The van der Waals surface area contributed by atoms with Gasteiger partial charge in [0.1, 0.15) is 12.1 Å². The largest absolute Gasteiger partial charge is 0.364 e. The third-order valence-electron chi connectivity index (χ3n) is 6.72. The van der Waals surface area contributed by atoms with Crippen molar-refractivity contribution in [1.29, 1.82) is 0 Å². The molecule has 1 saturated carbocycles. The molecule has 3 aromatic heterocycles. The van der Waals surface area contributed by atoms with Gasteiger partial charge in [-0.15, -0.1) is 0 Å². The number of para-hydroxylation sites is 1. The molecule has 0 bridgehead atoms. The molecule has 6 rings (SSSR count). The van der Waals surface area contributed by atoms with E-state index in [1.807, 2.05) is 61.5 Å². The SMILES string of the molecule is Cc1ccc(C(=O)Nc2cc(C(C)(C)C)nn2-c2ccccc2)cc1-c1cnc(NC2CC2)c2ncnn12. The lowest BCUT2D eigenvalue weighted by atomic mass is 9.92. The van der Waals surface area contributed by atoms with Crippen molar-refractivity contribution in [3.8, 4) is 16.9 Å². The van der Waals surface area contributed by atoms with Crippen LogP contribution in [-0.2, 0) is 5.41 Å². The quantitative estimate of drug-likeness (QED) is 0.319. The number of hydrogen-bond acceptors (Lipinski definition) is 6. The maximum absolute atomic E-state index is 13.5. The Morgan fingerprint density at radius 3 is 2.55 bits per heavy atom. The summed E-state index contributed by atoms with van der Waals surface area (Å²) in [5, 5.41) is 15.8. The number of carbonyl (C=O) groups is 1. The molecule has 3 heterocycles. The molecule has 192 valence electrons. The number of carbonyl (C=O) groups excluding carboxylic acids is 1. The molecule has 9 heteroatoms. The first-order valence-electron chi connectivity index (χ1n) is 12.8. The predicted molar refractivity (Wildman–Crippen MR) is 148 cm³/mol. The van der Waals surface area contributed by atoms with Crippen LogP contribution in [0.5, 0.6) is 0 Å². The van der Waals surface area contributed by atoms with E-state index in [2.05, 4.69) is 46.5 Å². The maximum atomic E-state index is 13.5. The fraction of sp³-hybridized carbons (Fsp3) is 0.276. The van der Waals surface area contributed by atoms with Crippen LogP contribution >= 0.6 is 0 Å². The van der Waals surface area contributed by atoms with Crippen LogP contribution in [0.15, 0.2) is 67.1 Å². The number of aryl methyl sites for hydroxylation is 1. The van der Waals surface area contributed by atoms with Crippen molar-refractivity contribution in [3.63, 3.8) is 0 Å². The molecule has 0 spiro atoms. The van der Waals surface area contributed by atoms with Gasteiger partial charge in [0.2, 0.25) is 0 Å². The summed E-state index contributed by atoms with van der Waals surface area (Å²) in [6.45, 7) is 8.32. The Labute approximate surface area is 220 Å². The molecule has 9 nitrogen and oxygen atoms in total. The first-order chi connectivity index (χ1) is 18.3. The van der Waals surface area contributed by atoms with Gasteiger partial charge in [0.15, 0.2) is 11.5 Å². The van der Waals surface area contributed by atoms with Crippen LogP contribution in [-0.4, -0.2) is 41.3 Å². The number of hydrogen-bond donors (Lipinski definition) is 2. The molecule has 1 amide bonds. The lowest BCUT2D eigenvalue weighted by Gasteiger charge is -2.14. The van der Waals surface area contributed by atoms with E-state index in [0.29, 0.717) is 23.1 Å². The predicted octanol–water partition coefficient (Wildman–Crippen LogP) is 5.41. The zero-order valence-corrected chi connectivity index (χ0v) is 21.9. The average molecular weight is 507 g/mol. The molecule has 2 N–H and O–H groups in total. The third kappa shape index (κ3) is 4.51. The van der Waals surface area contributed by atoms with Gasteiger partial charge in [0.25, 0.3) is 5.91 Å². The maximum Gasteiger partial charge on any atom is 0.256 e. The normalized spacial score (nSPS) is 13.6. The number of benzene rings is 2. The van der Waals surface area contributed by atoms with Gasteiger partial charge in [-0.25, -0.2) is 19.2 Å². The van der Waals surface area contributed by atoms with E-state index in [1.165, 1.54) is 6.33 Å². The molecular formula is C29H30N8O. The van der Waals surface area contributed by atoms with Crippen molar-refractivity contribution < 1.29 is 4.79 Å². The van der Waals surface area contributed by atoms with Crippen LogP contribution in [0.4, 0.5) is 11.6 Å². The van der Waals surface area contributed by atoms with Gasteiger partial charge in [-0.3, -0.25) is 4.79 Å². The van der Waals surface area contributed by atoms with E-state index in [4.69, 9.17) is 5.10 Å². The average Bonchev–Trinajstić information content (AvgIpc) is 3.39. The second-order valence-electron chi connectivity index (χ2n) is 10.8. The Kier molecular flexibility index (Phi) is 5.71. The fourth-order valence-electron chi connectivity index (χ4n) is 4.35. The summed E-state index contributed by atoms with van der Waals surface area (Å²) in [4.78, 5) is 22.6. The smallest absolute Gasteiger partial charge is 0.256 e. The lowest BCUT2D eigenvalue weighted by Crippen LogP contribution is -2.15. The van der Waals surface area contributed by atoms with E-state index in [0.717, 1.165) is 46.9 Å². The standard InChI is InChI=1S/C29H30N8O/c1-18-10-11-19(14-22(18)23-16-30-26(33-20-12-13-20)27-31-17-32-37(23)27)28(38)34-25-15-24(29(2,3)4)35-36(25)21-8-6-5-7-9-21/h5-11,14-17,20H,12-13H2,1-4H3,(H,30,33)(H,34,38). The van der Waals surface area contributed by atoms with E-state index < -0.39 is 0 Å². The molecule has 1 fully saturated rings. The number of nitrogens with zero attached hydrogens (tertiary/aromatic N) is 6. The highest BCUT2D eigenvalue weighted by Crippen LogP contribution is 2.30. The van der Waals surface area contributed by atoms with Crippen LogP contribution in [0.2, 0.25) is 0 Å². The van der Waals surface area contributed by atoms with Crippen LogP contribution < -0.4 is 10.6 Å². The van der Waals surface area contributed by atoms with Crippen LogP contribution in [0.1, 0.15) is 55.2 Å². The highest BCUT2D eigenvalue weighted by Gasteiger charge is 2.24. The Bertz CT molecular complexity index is 1640. The second-order valence-corrected chi connectivity index (χ2v) is 10.8. The number of nitrogens with one attached hydrogen (secondary N) is 2. The number of aromatic nitrogens is 6. The van der Waals surface area contributed by atoms with Crippen molar-refractivity contribution in [2.75, 3.05) is 10.6 Å². The zero-order chi connectivity index (χ0) is 26.4. The minimum Gasteiger partial charge on any atom is -0.364 e. The zero-order valence-electron chi connectivity index (χ0n) is 21.9. The minimum absolute atomic E-state index is 0.173. The van der Waals surface area contributed by atoms with Crippen molar-refractivity contribution in [3.05, 3.63) is 83.9 Å². The molecule has 0 unspecified atom stereocenters. The summed E-state index contributed by atoms with van der Waals surface area (Å²) in [6, 6.07) is 17.8. The molecule has 0 radical (unpaired) electrons. The van der Waals surface area contributed by atoms with Gasteiger partial charge >= 0.3 is 0 Å². The molecule has 38 heavy (non-hydrogen) atoms. The Morgan fingerprint density at radius 1 is 1.03 bits per heavy atom. The first-order valence-corrected chi connectivity index (χ1v) is 12.8. The molecule has 5 aromatic rings. The van der Waals surface area contributed by atoms with Gasteiger partial charge in [0.05, 0.1) is 23.3 Å². The van der Waals surface area contributed by atoms with Gasteiger partial charge in [-0.1, -0.05) is 45.0 Å². The molecule has 0 saturated heterocycles. The van der Waals surface area contributed by atoms with E-state index in [1.54, 1.807) is 15.4 Å². The Balaban J connectivity index is 1.35.